The minimum atomic E-state index is -0.816. The Hall–Kier alpha value is -1.33. The summed E-state index contributed by atoms with van der Waals surface area (Å²) >= 11 is 9.23. The van der Waals surface area contributed by atoms with Gasteiger partial charge in [-0.25, -0.2) is 8.78 Å². The second-order valence-corrected chi connectivity index (χ2v) is 5.84. The zero-order valence-corrected chi connectivity index (χ0v) is 13.0. The number of halogens is 4. The Kier molecular flexibility index (Phi) is 4.04. The number of hydrogen-bond donors (Lipinski definition) is 0. The third-order valence-electron chi connectivity index (χ3n) is 3.17. The zero-order valence-electron chi connectivity index (χ0n) is 10.7. The summed E-state index contributed by atoms with van der Waals surface area (Å²) in [6.45, 7) is 0.938. The van der Waals surface area contributed by atoms with Gasteiger partial charge in [0.2, 0.25) is 0 Å². The summed E-state index contributed by atoms with van der Waals surface area (Å²) in [5.41, 5.74) is 0.690. The summed E-state index contributed by atoms with van der Waals surface area (Å²) < 4.78 is 38.5. The van der Waals surface area contributed by atoms with Crippen LogP contribution in [0.4, 0.5) is 8.78 Å². The molecule has 1 heterocycles. The zero-order chi connectivity index (χ0) is 15.0. The van der Waals surface area contributed by atoms with E-state index in [1.54, 1.807) is 18.2 Å². The summed E-state index contributed by atoms with van der Waals surface area (Å²) in [5, 5.41) is -0.816. The highest BCUT2D eigenvalue weighted by atomic mass is 79.9. The number of hydrogen-bond acceptors (Lipinski definition) is 2. The van der Waals surface area contributed by atoms with E-state index in [0.717, 1.165) is 12.1 Å². The van der Waals surface area contributed by atoms with E-state index in [0.29, 0.717) is 30.3 Å². The third kappa shape index (κ3) is 2.85. The predicted octanol–water partition coefficient (Wildman–Crippen LogP) is 4.83. The van der Waals surface area contributed by atoms with E-state index in [-0.39, 0.29) is 10.0 Å². The van der Waals surface area contributed by atoms with Crippen LogP contribution in [-0.4, -0.2) is 13.2 Å². The largest absolute Gasteiger partial charge is 0.486 e. The maximum absolute atomic E-state index is 14.0. The highest BCUT2D eigenvalue weighted by Gasteiger charge is 2.20. The van der Waals surface area contributed by atoms with Gasteiger partial charge in [-0.05, 0) is 45.8 Å². The van der Waals surface area contributed by atoms with Crippen molar-refractivity contribution in [3.05, 3.63) is 57.6 Å². The average molecular weight is 376 g/mol. The molecule has 0 amide bonds. The molecule has 0 bridgehead atoms. The summed E-state index contributed by atoms with van der Waals surface area (Å²) in [5.74, 6) is 0.0477. The predicted molar refractivity (Wildman–Crippen MR) is 79.2 cm³/mol. The Bertz CT molecular complexity index is 694. The van der Waals surface area contributed by atoms with E-state index in [1.165, 1.54) is 0 Å². The van der Waals surface area contributed by atoms with Crippen LogP contribution >= 0.6 is 27.5 Å². The molecule has 21 heavy (non-hydrogen) atoms. The molecule has 6 heteroatoms. The lowest BCUT2D eigenvalue weighted by atomic mass is 10.0. The molecule has 2 aromatic rings. The van der Waals surface area contributed by atoms with Gasteiger partial charge in [0.15, 0.2) is 11.5 Å². The van der Waals surface area contributed by atoms with Gasteiger partial charge in [-0.15, -0.1) is 11.6 Å². The maximum Gasteiger partial charge on any atom is 0.161 e. The van der Waals surface area contributed by atoms with Gasteiger partial charge in [-0.1, -0.05) is 6.07 Å². The minimum absolute atomic E-state index is 0.0646. The summed E-state index contributed by atoms with van der Waals surface area (Å²) in [6, 6.07) is 7.27. The molecule has 1 aliphatic heterocycles. The lowest BCUT2D eigenvalue weighted by Gasteiger charge is -2.20. The topological polar surface area (TPSA) is 18.5 Å². The number of benzene rings is 2. The molecule has 0 N–H and O–H groups in total. The Morgan fingerprint density at radius 2 is 1.71 bits per heavy atom. The molecule has 0 radical (unpaired) electrons. The Balaban J connectivity index is 1.98. The highest BCUT2D eigenvalue weighted by Crippen LogP contribution is 2.38. The van der Waals surface area contributed by atoms with Crippen LogP contribution in [0.25, 0.3) is 0 Å². The van der Waals surface area contributed by atoms with Crippen LogP contribution in [-0.2, 0) is 0 Å². The molecule has 3 rings (SSSR count). The Labute approximate surface area is 133 Å². The Morgan fingerprint density at radius 1 is 1.00 bits per heavy atom. The monoisotopic (exact) mass is 374 g/mol. The summed E-state index contributed by atoms with van der Waals surface area (Å²) in [4.78, 5) is 0. The van der Waals surface area contributed by atoms with Gasteiger partial charge in [0.05, 0.1) is 9.85 Å². The molecular weight excluding hydrogens is 366 g/mol. The van der Waals surface area contributed by atoms with Crippen LogP contribution in [0.2, 0.25) is 0 Å². The van der Waals surface area contributed by atoms with Crippen molar-refractivity contribution in [2.45, 2.75) is 5.38 Å². The molecule has 0 aromatic heterocycles. The van der Waals surface area contributed by atoms with Crippen LogP contribution in [0, 0.1) is 11.6 Å². The normalized spacial score (nSPS) is 14.9. The van der Waals surface area contributed by atoms with Crippen LogP contribution < -0.4 is 9.47 Å². The standard InChI is InChI=1S/C15H10BrClF2O2/c16-10-7-11(18)9(6-12(10)19)15(17)8-1-2-13-14(5-8)21-4-3-20-13/h1-2,5-7,15H,3-4H2. The van der Waals surface area contributed by atoms with Crippen LogP contribution in [0.1, 0.15) is 16.5 Å². The first-order chi connectivity index (χ1) is 10.1. The Morgan fingerprint density at radius 3 is 2.48 bits per heavy atom. The number of rotatable bonds is 2. The first kappa shape index (κ1) is 14.6. The lowest BCUT2D eigenvalue weighted by Crippen LogP contribution is -2.15. The molecule has 0 fully saturated rings. The van der Waals surface area contributed by atoms with Crippen LogP contribution in [0.5, 0.6) is 11.5 Å². The number of fused-ring (bicyclic) bond motifs is 1. The van der Waals surface area contributed by atoms with Crippen LogP contribution in [0.3, 0.4) is 0 Å². The maximum atomic E-state index is 14.0. The van der Waals surface area contributed by atoms with Crippen molar-refractivity contribution < 1.29 is 18.3 Å². The molecule has 2 nitrogen and oxygen atoms in total. The fraction of sp³-hybridized carbons (Fsp3) is 0.200. The summed E-state index contributed by atoms with van der Waals surface area (Å²) in [7, 11) is 0. The van der Waals surface area contributed by atoms with Crippen molar-refractivity contribution >= 4 is 27.5 Å². The molecule has 2 aromatic carbocycles. The van der Waals surface area contributed by atoms with E-state index >= 15 is 0 Å². The molecule has 1 unspecified atom stereocenters. The van der Waals surface area contributed by atoms with Crippen molar-refractivity contribution in [1.82, 2.24) is 0 Å². The van der Waals surface area contributed by atoms with E-state index in [9.17, 15) is 8.78 Å². The van der Waals surface area contributed by atoms with Crippen molar-refractivity contribution in [2.24, 2.45) is 0 Å². The first-order valence-corrected chi connectivity index (χ1v) is 7.47. The van der Waals surface area contributed by atoms with Gasteiger partial charge >= 0.3 is 0 Å². The van der Waals surface area contributed by atoms with E-state index in [4.69, 9.17) is 21.1 Å². The van der Waals surface area contributed by atoms with Crippen molar-refractivity contribution in [1.29, 1.82) is 0 Å². The van der Waals surface area contributed by atoms with Gasteiger partial charge in [0.1, 0.15) is 24.8 Å². The fourth-order valence-corrected chi connectivity index (χ4v) is 2.75. The van der Waals surface area contributed by atoms with Crippen molar-refractivity contribution in [3.8, 4) is 11.5 Å². The van der Waals surface area contributed by atoms with Crippen molar-refractivity contribution in [2.75, 3.05) is 13.2 Å². The van der Waals surface area contributed by atoms with Gasteiger partial charge < -0.3 is 9.47 Å². The van der Waals surface area contributed by atoms with Crippen LogP contribution in [0.15, 0.2) is 34.8 Å². The number of alkyl halides is 1. The molecule has 0 saturated heterocycles. The van der Waals surface area contributed by atoms with Gasteiger partial charge in [0.25, 0.3) is 0 Å². The molecule has 0 spiro atoms. The first-order valence-electron chi connectivity index (χ1n) is 6.24. The molecule has 110 valence electrons. The SMILES string of the molecule is Fc1cc(C(Cl)c2ccc3c(c2)OCCO3)c(F)cc1Br. The third-order valence-corrected chi connectivity index (χ3v) is 4.27. The van der Waals surface area contributed by atoms with Gasteiger partial charge in [-0.2, -0.15) is 0 Å². The van der Waals surface area contributed by atoms with Crippen molar-refractivity contribution in [3.63, 3.8) is 0 Å². The fourth-order valence-electron chi connectivity index (χ4n) is 2.13. The molecule has 1 aliphatic rings. The molecule has 1 atom stereocenters. The summed E-state index contributed by atoms with van der Waals surface area (Å²) in [6.07, 6.45) is 0. The number of ether oxygens (including phenoxy) is 2. The average Bonchev–Trinajstić information content (AvgIpc) is 2.50. The van der Waals surface area contributed by atoms with Gasteiger partial charge in [0, 0.05) is 5.56 Å². The minimum Gasteiger partial charge on any atom is -0.486 e. The second-order valence-electron chi connectivity index (χ2n) is 4.55. The van der Waals surface area contributed by atoms with E-state index < -0.39 is 17.0 Å². The highest BCUT2D eigenvalue weighted by molar-refractivity contribution is 9.10. The lowest BCUT2D eigenvalue weighted by molar-refractivity contribution is 0.171. The molecular formula is C15H10BrClF2O2. The van der Waals surface area contributed by atoms with E-state index in [1.807, 2.05) is 0 Å². The quantitative estimate of drug-likeness (QED) is 0.553. The van der Waals surface area contributed by atoms with Gasteiger partial charge in [-0.3, -0.25) is 0 Å². The smallest absolute Gasteiger partial charge is 0.161 e. The molecule has 0 aliphatic carbocycles. The molecule has 0 saturated carbocycles. The van der Waals surface area contributed by atoms with E-state index in [2.05, 4.69) is 15.9 Å². The second kappa shape index (κ2) is 5.81.